The van der Waals surface area contributed by atoms with E-state index in [9.17, 15) is 10.0 Å². The molecule has 0 fully saturated rings. The van der Waals surface area contributed by atoms with Crippen LogP contribution in [0.25, 0.3) is 0 Å². The Balaban J connectivity index is 2.42. The van der Waals surface area contributed by atoms with Crippen molar-refractivity contribution in [1.29, 1.82) is 0 Å². The molecule has 0 unspecified atom stereocenters. The van der Waals surface area contributed by atoms with Crippen LogP contribution >= 0.6 is 11.8 Å². The lowest BCUT2D eigenvalue weighted by molar-refractivity contribution is -0.372. The van der Waals surface area contributed by atoms with Crippen LogP contribution in [0.2, 0.25) is 0 Å². The van der Waals surface area contributed by atoms with Gasteiger partial charge in [-0.1, -0.05) is 13.3 Å². The van der Waals surface area contributed by atoms with Crippen LogP contribution in [0.4, 0.5) is 0 Å². The van der Waals surface area contributed by atoms with E-state index in [1.807, 2.05) is 12.1 Å². The maximum Gasteiger partial charge on any atom is 0.133 e. The van der Waals surface area contributed by atoms with Gasteiger partial charge in [0.2, 0.25) is 0 Å². The van der Waals surface area contributed by atoms with Gasteiger partial charge in [-0.25, -0.2) is 0 Å². The predicted octanol–water partition coefficient (Wildman–Crippen LogP) is 0.663. The molecule has 3 nitrogen and oxygen atoms in total. The standard InChI is InChI=1S/C10H13BO3S/c1-2-3-8-15-10-6-4-9(5-7-10)14-11(12)13/h4-7H,2-3,8H2,1H3/q-2. The Hall–Kier alpha value is -0.645. The fraction of sp³-hybridized carbons (Fsp3) is 0.400. The van der Waals surface area contributed by atoms with E-state index in [1.165, 1.54) is 12.8 Å². The van der Waals surface area contributed by atoms with Gasteiger partial charge in [0.15, 0.2) is 0 Å². The summed E-state index contributed by atoms with van der Waals surface area (Å²) in [6, 6.07) is 7.02. The van der Waals surface area contributed by atoms with E-state index in [2.05, 4.69) is 11.6 Å². The third-order valence-corrected chi connectivity index (χ3v) is 2.92. The van der Waals surface area contributed by atoms with Crippen molar-refractivity contribution in [1.82, 2.24) is 0 Å². The number of benzene rings is 1. The van der Waals surface area contributed by atoms with E-state index < -0.39 is 7.32 Å². The van der Waals surface area contributed by atoms with Gasteiger partial charge < -0.3 is 14.7 Å². The maximum absolute atomic E-state index is 10.2. The molecular weight excluding hydrogens is 211 g/mol. The molecule has 82 valence electrons. The second-order valence-electron chi connectivity index (χ2n) is 3.08. The highest BCUT2D eigenvalue weighted by Gasteiger charge is 1.94. The molecule has 0 aliphatic heterocycles. The minimum absolute atomic E-state index is 0.338. The monoisotopic (exact) mass is 224 g/mol. The van der Waals surface area contributed by atoms with Crippen LogP contribution < -0.4 is 14.7 Å². The predicted molar refractivity (Wildman–Crippen MR) is 58.5 cm³/mol. The minimum atomic E-state index is -2.25. The Bertz CT molecular complexity index is 277. The summed E-state index contributed by atoms with van der Waals surface area (Å²) >= 11 is 1.76. The molecule has 0 saturated carbocycles. The number of hydrogen-bond acceptors (Lipinski definition) is 4. The molecule has 0 N–H and O–H groups in total. The third-order valence-electron chi connectivity index (χ3n) is 1.82. The fourth-order valence-electron chi connectivity index (χ4n) is 1.06. The van der Waals surface area contributed by atoms with E-state index in [-0.39, 0.29) is 0 Å². The summed E-state index contributed by atoms with van der Waals surface area (Å²) < 4.78 is 4.47. The molecule has 0 atom stereocenters. The summed E-state index contributed by atoms with van der Waals surface area (Å²) in [5, 5.41) is 20.4. The topological polar surface area (TPSA) is 55.3 Å². The molecule has 1 aromatic rings. The molecule has 0 amide bonds. The summed E-state index contributed by atoms with van der Waals surface area (Å²) in [5.41, 5.74) is 0. The van der Waals surface area contributed by atoms with Gasteiger partial charge in [-0.2, -0.15) is 0 Å². The molecule has 15 heavy (non-hydrogen) atoms. The van der Waals surface area contributed by atoms with E-state index in [1.54, 1.807) is 23.9 Å². The smallest absolute Gasteiger partial charge is 0.133 e. The van der Waals surface area contributed by atoms with E-state index in [4.69, 9.17) is 0 Å². The molecule has 0 bridgehead atoms. The van der Waals surface area contributed by atoms with Crippen molar-refractivity contribution in [3.8, 4) is 5.75 Å². The number of rotatable bonds is 6. The molecule has 0 saturated heterocycles. The SMILES string of the molecule is CCCCSc1ccc(OB([O-])[O-])cc1. The summed E-state index contributed by atoms with van der Waals surface area (Å²) in [5.74, 6) is 1.42. The normalized spacial score (nSPS) is 10.1. The van der Waals surface area contributed by atoms with Crippen molar-refractivity contribution in [3.63, 3.8) is 0 Å². The van der Waals surface area contributed by atoms with Gasteiger partial charge in [-0.15, -0.1) is 11.8 Å². The van der Waals surface area contributed by atoms with Crippen LogP contribution in [0.15, 0.2) is 29.2 Å². The van der Waals surface area contributed by atoms with Crippen molar-refractivity contribution < 1.29 is 14.7 Å². The first-order valence-corrected chi connectivity index (χ1v) is 5.92. The van der Waals surface area contributed by atoms with Gasteiger partial charge in [0.1, 0.15) is 7.32 Å². The van der Waals surface area contributed by atoms with Crippen molar-refractivity contribution >= 4 is 19.1 Å². The third kappa shape index (κ3) is 5.11. The average Bonchev–Trinajstić information content (AvgIpc) is 2.20. The highest BCUT2D eigenvalue weighted by atomic mass is 32.2. The molecule has 1 rings (SSSR count). The van der Waals surface area contributed by atoms with Crippen LogP contribution in [0.5, 0.6) is 5.75 Å². The van der Waals surface area contributed by atoms with Crippen LogP contribution in [-0.4, -0.2) is 13.1 Å². The molecule has 0 aliphatic rings. The number of hydrogen-bond donors (Lipinski definition) is 0. The second kappa shape index (κ2) is 6.77. The first kappa shape index (κ1) is 12.4. The molecular formula is C10H13BO3S-2. The first-order chi connectivity index (χ1) is 7.22. The molecule has 0 aromatic heterocycles. The maximum atomic E-state index is 10.2. The Morgan fingerprint density at radius 2 is 1.93 bits per heavy atom. The summed E-state index contributed by atoms with van der Waals surface area (Å²) in [6.45, 7) is 2.15. The number of thioether (sulfide) groups is 1. The molecule has 1 aromatic carbocycles. The van der Waals surface area contributed by atoms with Crippen LogP contribution in [0, 0.1) is 0 Å². The van der Waals surface area contributed by atoms with Gasteiger partial charge in [0.25, 0.3) is 0 Å². The zero-order valence-electron chi connectivity index (χ0n) is 8.64. The van der Waals surface area contributed by atoms with Crippen LogP contribution in [0.3, 0.4) is 0 Å². The lowest BCUT2D eigenvalue weighted by Gasteiger charge is -2.26. The lowest BCUT2D eigenvalue weighted by Crippen LogP contribution is -2.50. The Kier molecular flexibility index (Phi) is 5.61. The van der Waals surface area contributed by atoms with Crippen LogP contribution in [-0.2, 0) is 0 Å². The second-order valence-corrected chi connectivity index (χ2v) is 4.25. The fourth-order valence-corrected chi connectivity index (χ4v) is 2.06. The molecule has 5 heteroatoms. The van der Waals surface area contributed by atoms with Crippen LogP contribution in [0.1, 0.15) is 19.8 Å². The highest BCUT2D eigenvalue weighted by molar-refractivity contribution is 7.99. The zero-order chi connectivity index (χ0) is 11.1. The zero-order valence-corrected chi connectivity index (χ0v) is 9.46. The summed E-state index contributed by atoms with van der Waals surface area (Å²) in [4.78, 5) is 1.13. The average molecular weight is 224 g/mol. The van der Waals surface area contributed by atoms with Gasteiger partial charge >= 0.3 is 0 Å². The van der Waals surface area contributed by atoms with Crippen molar-refractivity contribution in [2.45, 2.75) is 24.7 Å². The number of unbranched alkanes of at least 4 members (excludes halogenated alkanes) is 1. The van der Waals surface area contributed by atoms with E-state index in [0.29, 0.717) is 5.75 Å². The van der Waals surface area contributed by atoms with Gasteiger partial charge in [0.05, 0.1) is 5.75 Å². The highest BCUT2D eigenvalue weighted by Crippen LogP contribution is 2.22. The largest absolute Gasteiger partial charge is 0.860 e. The Morgan fingerprint density at radius 1 is 1.27 bits per heavy atom. The quantitative estimate of drug-likeness (QED) is 0.404. The van der Waals surface area contributed by atoms with E-state index >= 15 is 0 Å². The molecule has 0 spiro atoms. The Labute approximate surface area is 94.6 Å². The summed E-state index contributed by atoms with van der Waals surface area (Å²) in [6.07, 6.45) is 2.37. The van der Waals surface area contributed by atoms with Gasteiger partial charge in [-0.3, -0.25) is 0 Å². The molecule has 0 radical (unpaired) electrons. The van der Waals surface area contributed by atoms with Crippen molar-refractivity contribution in [2.24, 2.45) is 0 Å². The summed E-state index contributed by atoms with van der Waals surface area (Å²) in [7, 11) is -2.25. The Morgan fingerprint density at radius 3 is 2.47 bits per heavy atom. The van der Waals surface area contributed by atoms with Crippen molar-refractivity contribution in [3.05, 3.63) is 24.3 Å². The molecule has 0 heterocycles. The minimum Gasteiger partial charge on any atom is -0.860 e. The van der Waals surface area contributed by atoms with Gasteiger partial charge in [-0.05, 0) is 36.4 Å². The van der Waals surface area contributed by atoms with Gasteiger partial charge in [0, 0.05) is 4.90 Å². The lowest BCUT2D eigenvalue weighted by atomic mass is 10.2. The van der Waals surface area contributed by atoms with Crippen molar-refractivity contribution in [2.75, 3.05) is 5.75 Å². The van der Waals surface area contributed by atoms with E-state index in [0.717, 1.165) is 10.6 Å². The molecule has 0 aliphatic carbocycles. The first-order valence-electron chi connectivity index (χ1n) is 4.93.